The molecule has 3 rings (SSSR count). The summed E-state index contributed by atoms with van der Waals surface area (Å²) in [4.78, 5) is 24.6. The fourth-order valence-corrected chi connectivity index (χ4v) is 3.55. The number of halogens is 1. The molecule has 1 aliphatic rings. The summed E-state index contributed by atoms with van der Waals surface area (Å²) in [5.41, 5.74) is 3.14. The van der Waals surface area contributed by atoms with Crippen molar-refractivity contribution in [3.63, 3.8) is 0 Å². The molecule has 36 heavy (non-hydrogen) atoms. The Morgan fingerprint density at radius 1 is 0.861 bits per heavy atom. The lowest BCUT2D eigenvalue weighted by molar-refractivity contribution is 0.0176. The van der Waals surface area contributed by atoms with Gasteiger partial charge < -0.3 is 14.2 Å². The monoisotopic (exact) mass is 626 g/mol. The van der Waals surface area contributed by atoms with Gasteiger partial charge in [0.15, 0.2) is 0 Å². The minimum absolute atomic E-state index is 0. The predicted molar refractivity (Wildman–Crippen MR) is 160 cm³/mol. The van der Waals surface area contributed by atoms with Crippen LogP contribution in [-0.2, 0) is 14.2 Å². The molecule has 1 aliphatic heterocycles. The van der Waals surface area contributed by atoms with Crippen LogP contribution in [0.25, 0.3) is 0 Å². The van der Waals surface area contributed by atoms with Crippen LogP contribution in [0.3, 0.4) is 0 Å². The molecule has 2 aromatic rings. The normalized spacial score (nSPS) is 11.6. The van der Waals surface area contributed by atoms with Crippen LogP contribution in [0.15, 0.2) is 71.0 Å². The van der Waals surface area contributed by atoms with E-state index in [-0.39, 0.29) is 42.0 Å². The van der Waals surface area contributed by atoms with Gasteiger partial charge in [-0.3, -0.25) is 0 Å². The maximum atomic E-state index is 11.8. The second kappa shape index (κ2) is 20.0. The number of hydrogen-bond acceptors (Lipinski definition) is 6. The van der Waals surface area contributed by atoms with Gasteiger partial charge in [-0.15, -0.1) is 24.0 Å². The highest BCUT2D eigenvalue weighted by Crippen LogP contribution is 2.23. The first-order valence-corrected chi connectivity index (χ1v) is 12.8. The number of hydrogen-bond donors (Lipinski definition) is 0. The Bertz CT molecular complexity index is 985. The van der Waals surface area contributed by atoms with E-state index in [4.69, 9.17) is 14.2 Å². The third-order valence-electron chi connectivity index (χ3n) is 4.64. The Kier molecular flexibility index (Phi) is 18.8. The van der Waals surface area contributed by atoms with Crippen LogP contribution in [0.2, 0.25) is 0 Å². The van der Waals surface area contributed by atoms with Crippen molar-refractivity contribution in [3.8, 4) is 0 Å². The standard InChI is InChI=1S/C14H14O2S.C13H18O3.C2H6.HI/c1-11-6-2-3-8-13(11)14(15)16-10-12-7-4-5-9-17-12;1-10(2)15-8-9-16-13(14)12-7-5-4-6-11(12)3;1-2;/h2-3,5-9H,4,10H2,1H3;4-7,10H,8-9H2,1-3H3;1-2H3;1H. The summed E-state index contributed by atoms with van der Waals surface area (Å²) < 4.78 is 15.7. The van der Waals surface area contributed by atoms with E-state index in [0.29, 0.717) is 30.9 Å². The fourth-order valence-electron chi connectivity index (χ4n) is 2.85. The Hall–Kier alpha value is -2.10. The van der Waals surface area contributed by atoms with Crippen molar-refractivity contribution in [2.24, 2.45) is 0 Å². The molecule has 1 heterocycles. The quantitative estimate of drug-likeness (QED) is 0.169. The number of benzene rings is 2. The topological polar surface area (TPSA) is 61.8 Å². The van der Waals surface area contributed by atoms with Crippen LogP contribution in [0.1, 0.15) is 66.0 Å². The van der Waals surface area contributed by atoms with Crippen LogP contribution < -0.4 is 0 Å². The van der Waals surface area contributed by atoms with E-state index in [1.165, 1.54) is 0 Å². The van der Waals surface area contributed by atoms with Gasteiger partial charge in [0.05, 0.1) is 23.8 Å². The molecule has 5 nitrogen and oxygen atoms in total. The highest BCUT2D eigenvalue weighted by atomic mass is 127. The number of thioether (sulfide) groups is 1. The number of esters is 2. The summed E-state index contributed by atoms with van der Waals surface area (Å²) in [6.45, 7) is 12.8. The number of aryl methyl sites for hydroxylation is 2. The Labute approximate surface area is 237 Å². The Morgan fingerprint density at radius 2 is 1.39 bits per heavy atom. The van der Waals surface area contributed by atoms with Gasteiger partial charge in [0.2, 0.25) is 0 Å². The van der Waals surface area contributed by atoms with Crippen LogP contribution in [0.4, 0.5) is 0 Å². The van der Waals surface area contributed by atoms with E-state index in [2.05, 4.69) is 12.2 Å². The van der Waals surface area contributed by atoms with E-state index in [1.807, 2.05) is 83.3 Å². The molecule has 0 aromatic heterocycles. The summed E-state index contributed by atoms with van der Waals surface area (Å²) in [5, 5.41) is 2.02. The van der Waals surface area contributed by atoms with E-state index in [9.17, 15) is 9.59 Å². The van der Waals surface area contributed by atoms with E-state index in [0.717, 1.165) is 22.5 Å². The number of allylic oxidation sites excluding steroid dienone is 2. The van der Waals surface area contributed by atoms with Gasteiger partial charge in [0.25, 0.3) is 0 Å². The number of carbonyl (C=O) groups is 2. The van der Waals surface area contributed by atoms with Gasteiger partial charge in [-0.1, -0.05) is 74.2 Å². The molecule has 0 aliphatic carbocycles. The van der Waals surface area contributed by atoms with E-state index < -0.39 is 0 Å². The molecule has 0 spiro atoms. The van der Waals surface area contributed by atoms with E-state index >= 15 is 0 Å². The summed E-state index contributed by atoms with van der Waals surface area (Å²) in [6, 6.07) is 14.8. The number of ether oxygens (including phenoxy) is 3. The summed E-state index contributed by atoms with van der Waals surface area (Å²) in [5.74, 6) is -0.537. The summed E-state index contributed by atoms with van der Waals surface area (Å²) in [6.07, 6.45) is 5.24. The first-order chi connectivity index (χ1) is 16.9. The van der Waals surface area contributed by atoms with Crippen molar-refractivity contribution in [3.05, 3.63) is 93.2 Å². The molecule has 0 amide bonds. The van der Waals surface area contributed by atoms with Crippen LogP contribution in [-0.4, -0.2) is 37.9 Å². The zero-order chi connectivity index (χ0) is 26.1. The lowest BCUT2D eigenvalue weighted by Gasteiger charge is -2.10. The fraction of sp³-hybridized carbons (Fsp3) is 0.379. The molecule has 0 atom stereocenters. The SMILES string of the molecule is CC.Cc1ccccc1C(=O)OCC1=CCC=CS1.Cc1ccccc1C(=O)OCCOC(C)C.I. The molecule has 0 unspecified atom stereocenters. The lowest BCUT2D eigenvalue weighted by atomic mass is 10.1. The third kappa shape index (κ3) is 13.3. The third-order valence-corrected chi connectivity index (χ3v) is 5.56. The van der Waals surface area contributed by atoms with Crippen molar-refractivity contribution in [2.75, 3.05) is 19.8 Å². The molecule has 0 radical (unpaired) electrons. The zero-order valence-electron chi connectivity index (χ0n) is 22.1. The molecule has 0 saturated heterocycles. The van der Waals surface area contributed by atoms with Crippen LogP contribution in [0.5, 0.6) is 0 Å². The van der Waals surface area contributed by atoms with Crippen molar-refractivity contribution in [1.29, 1.82) is 0 Å². The minimum Gasteiger partial charge on any atom is -0.460 e. The first-order valence-electron chi connectivity index (χ1n) is 12.0. The van der Waals surface area contributed by atoms with Crippen LogP contribution in [0, 0.1) is 13.8 Å². The smallest absolute Gasteiger partial charge is 0.338 e. The molecule has 0 bridgehead atoms. The van der Waals surface area contributed by atoms with Crippen molar-refractivity contribution < 1.29 is 23.8 Å². The van der Waals surface area contributed by atoms with Gasteiger partial charge in [-0.05, 0) is 62.8 Å². The minimum atomic E-state index is -0.287. The first kappa shape index (κ1) is 33.9. The van der Waals surface area contributed by atoms with Gasteiger partial charge >= 0.3 is 11.9 Å². The zero-order valence-corrected chi connectivity index (χ0v) is 25.3. The highest BCUT2D eigenvalue weighted by molar-refractivity contribution is 14.0. The van der Waals surface area contributed by atoms with Gasteiger partial charge in [-0.2, -0.15) is 0 Å². The Balaban J connectivity index is 0.000000622. The van der Waals surface area contributed by atoms with E-state index in [1.54, 1.807) is 23.9 Å². The average Bonchev–Trinajstić information content (AvgIpc) is 2.88. The highest BCUT2D eigenvalue weighted by Gasteiger charge is 2.11. The lowest BCUT2D eigenvalue weighted by Crippen LogP contribution is -2.14. The second-order valence-electron chi connectivity index (χ2n) is 7.66. The average molecular weight is 627 g/mol. The summed E-state index contributed by atoms with van der Waals surface area (Å²) >= 11 is 1.61. The molecule has 0 fully saturated rings. The maximum Gasteiger partial charge on any atom is 0.338 e. The van der Waals surface area contributed by atoms with Crippen LogP contribution >= 0.6 is 35.7 Å². The molecular weight excluding hydrogens is 587 g/mol. The number of carbonyl (C=O) groups excluding carboxylic acids is 2. The molecule has 198 valence electrons. The molecule has 0 saturated carbocycles. The molecule has 2 aromatic carbocycles. The van der Waals surface area contributed by atoms with Crippen molar-refractivity contribution >= 4 is 47.7 Å². The second-order valence-corrected chi connectivity index (χ2v) is 8.69. The molecular formula is C29H39IO5S. The molecule has 0 N–H and O–H groups in total. The largest absolute Gasteiger partial charge is 0.460 e. The van der Waals surface area contributed by atoms with Crippen molar-refractivity contribution in [1.82, 2.24) is 0 Å². The summed E-state index contributed by atoms with van der Waals surface area (Å²) in [7, 11) is 0. The Morgan fingerprint density at radius 3 is 1.86 bits per heavy atom. The van der Waals surface area contributed by atoms with Gasteiger partial charge in [0, 0.05) is 4.91 Å². The van der Waals surface area contributed by atoms with Gasteiger partial charge in [0.1, 0.15) is 13.2 Å². The number of rotatable bonds is 8. The maximum absolute atomic E-state index is 11.8. The van der Waals surface area contributed by atoms with Crippen molar-refractivity contribution in [2.45, 2.75) is 54.1 Å². The predicted octanol–water partition coefficient (Wildman–Crippen LogP) is 7.91. The molecule has 7 heteroatoms. The van der Waals surface area contributed by atoms with Gasteiger partial charge in [-0.25, -0.2) is 9.59 Å².